The molecule has 0 aliphatic rings. The van der Waals surface area contributed by atoms with Gasteiger partial charge in [0.05, 0.1) is 0 Å². The number of nitrogens with one attached hydrogen (secondary N) is 3. The monoisotopic (exact) mass is 203 g/mol. The molecule has 7 heteroatoms. The molecule has 0 radical (unpaired) electrons. The van der Waals surface area contributed by atoms with E-state index >= 15 is 0 Å². The number of aliphatic carboxylic acids is 1. The molecule has 0 aromatic carbocycles. The molecule has 0 unspecified atom stereocenters. The molecule has 0 spiro atoms. The van der Waals surface area contributed by atoms with Crippen molar-refractivity contribution in [3.8, 4) is 0 Å². The smallest absolute Gasteiger partial charge is 0.322 e. The van der Waals surface area contributed by atoms with E-state index in [2.05, 4.69) is 10.7 Å². The lowest BCUT2D eigenvalue weighted by atomic mass is 10.1. The maximum atomic E-state index is 10.5. The number of carboxylic acids is 1. The fraction of sp³-hybridized carbons (Fsp3) is 0.714. The summed E-state index contributed by atoms with van der Waals surface area (Å²) in [4.78, 5) is 10.5. The van der Waals surface area contributed by atoms with E-state index in [9.17, 15) is 4.79 Å². The van der Waals surface area contributed by atoms with Gasteiger partial charge < -0.3 is 16.2 Å². The van der Waals surface area contributed by atoms with E-state index in [-0.39, 0.29) is 5.96 Å². The van der Waals surface area contributed by atoms with E-state index in [1.165, 1.54) is 0 Å². The van der Waals surface area contributed by atoms with Crippen LogP contribution in [-0.2, 0) is 4.79 Å². The highest BCUT2D eigenvalue weighted by atomic mass is 16.4. The molecule has 0 saturated heterocycles. The fourth-order valence-corrected chi connectivity index (χ4v) is 0.975. The van der Waals surface area contributed by atoms with Gasteiger partial charge in [0.1, 0.15) is 6.04 Å². The van der Waals surface area contributed by atoms with Crippen molar-refractivity contribution in [1.82, 2.24) is 10.7 Å². The summed E-state index contributed by atoms with van der Waals surface area (Å²) in [5.41, 5.74) is 7.27. The van der Waals surface area contributed by atoms with Crippen molar-refractivity contribution in [2.75, 3.05) is 6.54 Å². The summed E-state index contributed by atoms with van der Waals surface area (Å²) >= 11 is 0. The fourth-order valence-electron chi connectivity index (χ4n) is 0.975. The Morgan fingerprint density at radius 3 is 2.57 bits per heavy atom. The number of hydrogen-bond acceptors (Lipinski definition) is 4. The predicted molar refractivity (Wildman–Crippen MR) is 52.5 cm³/mol. The second-order valence-electron chi connectivity index (χ2n) is 2.89. The van der Waals surface area contributed by atoms with Crippen LogP contribution in [0.3, 0.4) is 0 Å². The molecule has 0 aromatic rings. The van der Waals surface area contributed by atoms with Crippen LogP contribution in [0, 0.1) is 5.41 Å². The van der Waals surface area contributed by atoms with Crippen molar-refractivity contribution < 1.29 is 9.90 Å². The van der Waals surface area contributed by atoms with Gasteiger partial charge in [0.15, 0.2) is 5.96 Å². The van der Waals surface area contributed by atoms with Gasteiger partial charge in [0, 0.05) is 6.54 Å². The lowest BCUT2D eigenvalue weighted by Crippen LogP contribution is -2.41. The van der Waals surface area contributed by atoms with Crippen molar-refractivity contribution in [2.45, 2.75) is 25.3 Å². The molecule has 14 heavy (non-hydrogen) atoms. The number of guanidine groups is 1. The quantitative estimate of drug-likeness (QED) is 0.0984. The number of hydrogen-bond donors (Lipinski definition) is 6. The Balaban J connectivity index is 3.42. The number of hydrazine groups is 1. The number of unbranched alkanes of at least 4 members (excludes halogenated alkanes) is 1. The van der Waals surface area contributed by atoms with E-state index in [1.807, 2.05) is 0 Å². The molecule has 0 bridgehead atoms. The third-order valence-corrected chi connectivity index (χ3v) is 1.73. The van der Waals surface area contributed by atoms with E-state index in [0.717, 1.165) is 6.42 Å². The van der Waals surface area contributed by atoms with Crippen LogP contribution in [0.2, 0.25) is 0 Å². The minimum Gasteiger partial charge on any atom is -0.480 e. The van der Waals surface area contributed by atoms with Crippen LogP contribution in [0.4, 0.5) is 0 Å². The molecule has 0 heterocycles. The summed E-state index contributed by atoms with van der Waals surface area (Å²) in [5.74, 6) is 4.01. The number of nitrogens with two attached hydrogens (primary N) is 2. The zero-order valence-corrected chi connectivity index (χ0v) is 7.92. The van der Waals surface area contributed by atoms with Crippen LogP contribution in [0.25, 0.3) is 0 Å². The molecular weight excluding hydrogens is 186 g/mol. The Labute approximate surface area is 82.3 Å². The summed E-state index contributed by atoms with van der Waals surface area (Å²) in [6.07, 6.45) is 1.93. The lowest BCUT2D eigenvalue weighted by Gasteiger charge is -2.10. The summed E-state index contributed by atoms with van der Waals surface area (Å²) < 4.78 is 0. The first-order chi connectivity index (χ1) is 6.57. The minimum absolute atomic E-state index is 0.0725. The van der Waals surface area contributed by atoms with E-state index in [1.54, 1.807) is 0 Å². The third kappa shape index (κ3) is 6.21. The van der Waals surface area contributed by atoms with Crippen LogP contribution >= 0.6 is 0 Å². The zero-order chi connectivity index (χ0) is 11.0. The van der Waals surface area contributed by atoms with E-state index < -0.39 is 12.0 Å². The molecule has 8 N–H and O–H groups in total. The number of carboxylic acid groups (broad SMARTS) is 1. The molecule has 0 aliphatic carbocycles. The molecule has 0 amide bonds. The maximum absolute atomic E-state index is 10.5. The minimum atomic E-state index is -0.952. The van der Waals surface area contributed by atoms with Gasteiger partial charge in [0.25, 0.3) is 0 Å². The Bertz CT molecular complexity index is 197. The van der Waals surface area contributed by atoms with Crippen LogP contribution < -0.4 is 22.3 Å². The molecule has 0 aromatic heterocycles. The summed E-state index contributed by atoms with van der Waals surface area (Å²) in [6, 6.07) is -0.702. The Morgan fingerprint density at radius 2 is 2.14 bits per heavy atom. The van der Waals surface area contributed by atoms with Crippen molar-refractivity contribution in [1.29, 1.82) is 5.41 Å². The van der Waals surface area contributed by atoms with Gasteiger partial charge in [-0.2, -0.15) is 0 Å². The van der Waals surface area contributed by atoms with Gasteiger partial charge in [0.2, 0.25) is 0 Å². The third-order valence-electron chi connectivity index (χ3n) is 1.73. The molecule has 0 rings (SSSR count). The first-order valence-electron chi connectivity index (χ1n) is 4.34. The van der Waals surface area contributed by atoms with Crippen LogP contribution in [0.5, 0.6) is 0 Å². The number of carbonyl (C=O) groups is 1. The van der Waals surface area contributed by atoms with E-state index in [4.69, 9.17) is 22.1 Å². The summed E-state index contributed by atoms with van der Waals surface area (Å²) in [5, 5.41) is 18.1. The average molecular weight is 203 g/mol. The van der Waals surface area contributed by atoms with Crippen molar-refractivity contribution in [3.63, 3.8) is 0 Å². The SMILES string of the molecule is N=C(N)NCCCC[C@H](NN)C(=O)O. The van der Waals surface area contributed by atoms with Crippen LogP contribution in [0.1, 0.15) is 19.3 Å². The number of rotatable bonds is 7. The Hall–Kier alpha value is -1.34. The maximum Gasteiger partial charge on any atom is 0.322 e. The highest BCUT2D eigenvalue weighted by molar-refractivity contribution is 5.74. The van der Waals surface area contributed by atoms with E-state index in [0.29, 0.717) is 19.4 Å². The largest absolute Gasteiger partial charge is 0.480 e. The molecular formula is C7H17N5O2. The van der Waals surface area contributed by atoms with Crippen LogP contribution in [-0.4, -0.2) is 29.6 Å². The molecule has 0 aliphatic heterocycles. The molecule has 0 fully saturated rings. The molecule has 82 valence electrons. The van der Waals surface area contributed by atoms with Crippen molar-refractivity contribution in [2.24, 2.45) is 11.6 Å². The highest BCUT2D eigenvalue weighted by Crippen LogP contribution is 1.99. The van der Waals surface area contributed by atoms with Crippen molar-refractivity contribution in [3.05, 3.63) is 0 Å². The predicted octanol–water partition coefficient (Wildman–Crippen LogP) is -1.44. The van der Waals surface area contributed by atoms with Gasteiger partial charge in [-0.15, -0.1) is 0 Å². The lowest BCUT2D eigenvalue weighted by molar-refractivity contribution is -0.139. The normalized spacial score (nSPS) is 12.1. The summed E-state index contributed by atoms with van der Waals surface area (Å²) in [6.45, 7) is 0.576. The zero-order valence-electron chi connectivity index (χ0n) is 7.92. The second-order valence-corrected chi connectivity index (χ2v) is 2.89. The van der Waals surface area contributed by atoms with Gasteiger partial charge in [-0.1, -0.05) is 0 Å². The Kier molecular flexibility index (Phi) is 6.42. The van der Waals surface area contributed by atoms with Crippen LogP contribution in [0.15, 0.2) is 0 Å². The van der Waals surface area contributed by atoms with Gasteiger partial charge in [-0.3, -0.25) is 16.0 Å². The standard InChI is InChI=1S/C7H17N5O2/c8-7(9)11-4-2-1-3-5(12-10)6(13)14/h5,12H,1-4,10H2,(H,13,14)(H4,8,9,11)/t5-/m0/s1. The molecule has 1 atom stereocenters. The van der Waals surface area contributed by atoms with Crippen molar-refractivity contribution >= 4 is 11.9 Å². The topological polar surface area (TPSA) is 137 Å². The first kappa shape index (κ1) is 12.7. The second kappa shape index (κ2) is 7.10. The molecule has 7 nitrogen and oxygen atoms in total. The van der Waals surface area contributed by atoms with Gasteiger partial charge in [-0.25, -0.2) is 5.43 Å². The average Bonchev–Trinajstić information content (AvgIpc) is 2.10. The molecule has 0 saturated carbocycles. The summed E-state index contributed by atoms with van der Waals surface area (Å²) in [7, 11) is 0. The van der Waals surface area contributed by atoms with Gasteiger partial charge in [-0.05, 0) is 19.3 Å². The first-order valence-corrected chi connectivity index (χ1v) is 4.34. The Morgan fingerprint density at radius 1 is 1.50 bits per heavy atom. The van der Waals surface area contributed by atoms with Gasteiger partial charge >= 0.3 is 5.97 Å². The highest BCUT2D eigenvalue weighted by Gasteiger charge is 2.13.